The molecule has 0 aliphatic carbocycles. The smallest absolute Gasteiger partial charge is 0.0751 e. The van der Waals surface area contributed by atoms with E-state index in [1.165, 1.54) is 25.0 Å². The average Bonchev–Trinajstić information content (AvgIpc) is 2.52. The summed E-state index contributed by atoms with van der Waals surface area (Å²) < 4.78 is 2.61. The molecule has 1 aromatic carbocycles. The molecule has 3 heteroatoms. The van der Waals surface area contributed by atoms with Crippen molar-refractivity contribution in [2.75, 3.05) is 0 Å². The second-order valence-corrected chi connectivity index (χ2v) is 6.10. The molecule has 0 saturated heterocycles. The number of hydrogen-bond donors (Lipinski definition) is 0. The number of hydrogen-bond acceptors (Lipinski definition) is 1. The zero-order valence-electron chi connectivity index (χ0n) is 7.81. The van der Waals surface area contributed by atoms with Crippen LogP contribution in [0.3, 0.4) is 0 Å². The number of thiophene rings is 1. The van der Waals surface area contributed by atoms with E-state index in [-0.39, 0.29) is 0 Å². The highest BCUT2D eigenvalue weighted by atomic mass is 79.9. The maximum Gasteiger partial charge on any atom is 0.0751 e. The molecule has 2 aromatic rings. The van der Waals surface area contributed by atoms with Crippen molar-refractivity contribution < 1.29 is 0 Å². The summed E-state index contributed by atoms with van der Waals surface area (Å²) >= 11 is 8.95. The maximum atomic E-state index is 3.60. The predicted molar refractivity (Wildman–Crippen MR) is 71.5 cm³/mol. The molecule has 0 aliphatic rings. The molecule has 0 bridgehead atoms. The third-order valence-electron chi connectivity index (χ3n) is 2.35. The minimum Gasteiger partial charge on any atom is -0.128 e. The van der Waals surface area contributed by atoms with Crippen LogP contribution in [0, 0.1) is 0 Å². The number of fused-ring (bicyclic) bond motifs is 1. The maximum absolute atomic E-state index is 3.60. The van der Waals surface area contributed by atoms with Crippen molar-refractivity contribution >= 4 is 53.3 Å². The van der Waals surface area contributed by atoms with E-state index in [0.717, 1.165) is 11.8 Å². The highest BCUT2D eigenvalue weighted by molar-refractivity contribution is 9.11. The van der Waals surface area contributed by atoms with Gasteiger partial charge in [0.05, 0.1) is 3.79 Å². The van der Waals surface area contributed by atoms with E-state index in [1.807, 2.05) is 11.3 Å². The van der Waals surface area contributed by atoms with E-state index in [4.69, 9.17) is 0 Å². The van der Waals surface area contributed by atoms with Crippen LogP contribution < -0.4 is 0 Å². The molecule has 0 N–H and O–H groups in total. The third-order valence-corrected chi connectivity index (χ3v) is 4.87. The van der Waals surface area contributed by atoms with Gasteiger partial charge in [0.25, 0.3) is 0 Å². The molecular formula is C11H10Br2S. The Morgan fingerprint density at radius 3 is 2.79 bits per heavy atom. The van der Waals surface area contributed by atoms with Gasteiger partial charge in [0.15, 0.2) is 0 Å². The zero-order valence-corrected chi connectivity index (χ0v) is 11.8. The van der Waals surface area contributed by atoms with Crippen molar-refractivity contribution in [3.63, 3.8) is 0 Å². The van der Waals surface area contributed by atoms with Crippen LogP contribution in [0.1, 0.15) is 18.1 Å². The first kappa shape index (κ1) is 10.7. The fourth-order valence-electron chi connectivity index (χ4n) is 1.51. The molecule has 0 radical (unpaired) electrons. The Balaban J connectivity index is 2.71. The van der Waals surface area contributed by atoms with E-state index in [2.05, 4.69) is 57.0 Å². The zero-order chi connectivity index (χ0) is 10.1. The van der Waals surface area contributed by atoms with Crippen molar-refractivity contribution in [3.05, 3.63) is 33.1 Å². The molecule has 0 nitrogen and oxygen atoms in total. The molecule has 0 aliphatic heterocycles. The summed E-state index contributed by atoms with van der Waals surface area (Å²) in [6, 6.07) is 6.73. The van der Waals surface area contributed by atoms with Crippen LogP contribution >= 0.6 is 43.2 Å². The fourth-order valence-corrected chi connectivity index (χ4v) is 4.46. The van der Waals surface area contributed by atoms with E-state index in [1.54, 1.807) is 0 Å². The van der Waals surface area contributed by atoms with Gasteiger partial charge in [-0.1, -0.05) is 28.9 Å². The average molecular weight is 334 g/mol. The minimum atomic E-state index is 0.917. The van der Waals surface area contributed by atoms with Crippen LogP contribution in [0.2, 0.25) is 0 Å². The van der Waals surface area contributed by atoms with Crippen molar-refractivity contribution in [3.8, 4) is 0 Å². The van der Waals surface area contributed by atoms with Gasteiger partial charge in [-0.25, -0.2) is 0 Å². The minimum absolute atomic E-state index is 0.917. The summed E-state index contributed by atoms with van der Waals surface area (Å²) in [7, 11) is 0. The Labute approximate surface area is 105 Å². The van der Waals surface area contributed by atoms with Crippen LogP contribution in [0.25, 0.3) is 10.1 Å². The van der Waals surface area contributed by atoms with Gasteiger partial charge >= 0.3 is 0 Å². The van der Waals surface area contributed by atoms with Gasteiger partial charge in [-0.3, -0.25) is 0 Å². The molecule has 74 valence electrons. The van der Waals surface area contributed by atoms with Crippen LogP contribution in [-0.4, -0.2) is 0 Å². The highest BCUT2D eigenvalue weighted by Gasteiger charge is 2.08. The number of rotatable bonds is 2. The lowest BCUT2D eigenvalue weighted by molar-refractivity contribution is 1.15. The largest absolute Gasteiger partial charge is 0.128 e. The first-order valence-electron chi connectivity index (χ1n) is 4.52. The second kappa shape index (κ2) is 4.33. The third kappa shape index (κ3) is 1.77. The molecule has 0 fully saturated rings. The quantitative estimate of drug-likeness (QED) is 0.669. The summed E-state index contributed by atoms with van der Waals surface area (Å²) in [4.78, 5) is 0. The van der Waals surface area contributed by atoms with E-state index < -0.39 is 0 Å². The Kier molecular flexibility index (Phi) is 3.30. The Hall–Kier alpha value is 0.140. The van der Waals surface area contributed by atoms with Crippen LogP contribution in [-0.2, 0) is 11.8 Å². The van der Waals surface area contributed by atoms with Gasteiger partial charge in [0, 0.05) is 10.0 Å². The van der Waals surface area contributed by atoms with Gasteiger partial charge in [-0.2, -0.15) is 0 Å². The number of alkyl halides is 1. The van der Waals surface area contributed by atoms with E-state index in [9.17, 15) is 0 Å². The molecule has 0 unspecified atom stereocenters. The molecule has 1 heterocycles. The van der Waals surface area contributed by atoms with Crippen molar-refractivity contribution in [1.82, 2.24) is 0 Å². The standard InChI is InChI=1S/C11H10Br2S/c1-2-7-3-4-10-8(5-7)9(6-12)11(13)14-10/h3-5H,2,6H2,1H3. The van der Waals surface area contributed by atoms with Crippen molar-refractivity contribution in [1.29, 1.82) is 0 Å². The monoisotopic (exact) mass is 332 g/mol. The van der Waals surface area contributed by atoms with Crippen molar-refractivity contribution in [2.24, 2.45) is 0 Å². The molecule has 0 amide bonds. The summed E-state index contributed by atoms with van der Waals surface area (Å²) in [6.45, 7) is 2.19. The summed E-state index contributed by atoms with van der Waals surface area (Å²) in [5.41, 5.74) is 2.78. The fraction of sp³-hybridized carbons (Fsp3) is 0.273. The molecule has 1 aromatic heterocycles. The lowest BCUT2D eigenvalue weighted by atomic mass is 10.1. The molecular weight excluding hydrogens is 324 g/mol. The molecule has 0 atom stereocenters. The number of aryl methyl sites for hydroxylation is 1. The van der Waals surface area contributed by atoms with E-state index >= 15 is 0 Å². The SMILES string of the molecule is CCc1ccc2sc(Br)c(CBr)c2c1. The molecule has 0 spiro atoms. The van der Waals surface area contributed by atoms with Gasteiger partial charge < -0.3 is 0 Å². The van der Waals surface area contributed by atoms with Crippen LogP contribution in [0.4, 0.5) is 0 Å². The topological polar surface area (TPSA) is 0 Å². The van der Waals surface area contributed by atoms with Gasteiger partial charge in [0.2, 0.25) is 0 Å². The summed E-state index contributed by atoms with van der Waals surface area (Å²) in [5, 5.41) is 2.30. The normalized spacial score (nSPS) is 11.1. The lowest BCUT2D eigenvalue weighted by Crippen LogP contribution is -1.80. The molecule has 0 saturated carbocycles. The van der Waals surface area contributed by atoms with Gasteiger partial charge in [0.1, 0.15) is 0 Å². The van der Waals surface area contributed by atoms with Crippen LogP contribution in [0.15, 0.2) is 22.0 Å². The Morgan fingerprint density at radius 2 is 2.14 bits per heavy atom. The Bertz CT molecular complexity index is 460. The van der Waals surface area contributed by atoms with Crippen molar-refractivity contribution in [2.45, 2.75) is 18.7 Å². The Morgan fingerprint density at radius 1 is 1.36 bits per heavy atom. The summed E-state index contributed by atoms with van der Waals surface area (Å²) in [6.07, 6.45) is 1.10. The second-order valence-electron chi connectivity index (χ2n) is 3.17. The van der Waals surface area contributed by atoms with E-state index in [0.29, 0.717) is 0 Å². The van der Waals surface area contributed by atoms with Gasteiger partial charge in [-0.15, -0.1) is 11.3 Å². The molecule has 14 heavy (non-hydrogen) atoms. The van der Waals surface area contributed by atoms with Crippen LogP contribution in [0.5, 0.6) is 0 Å². The lowest BCUT2D eigenvalue weighted by Gasteiger charge is -1.98. The first-order chi connectivity index (χ1) is 6.76. The highest BCUT2D eigenvalue weighted by Crippen LogP contribution is 2.37. The predicted octanol–water partition coefficient (Wildman–Crippen LogP) is 5.12. The molecule has 2 rings (SSSR count). The first-order valence-corrected chi connectivity index (χ1v) is 7.25. The number of benzene rings is 1. The summed E-state index contributed by atoms with van der Waals surface area (Å²) in [5.74, 6) is 0. The number of halogens is 2. The van der Waals surface area contributed by atoms with Gasteiger partial charge in [-0.05, 0) is 51.0 Å².